The molecule has 0 spiro atoms. The predicted octanol–water partition coefficient (Wildman–Crippen LogP) is 1.37. The summed E-state index contributed by atoms with van der Waals surface area (Å²) in [7, 11) is 0. The lowest BCUT2D eigenvalue weighted by molar-refractivity contribution is -0.137. The van der Waals surface area contributed by atoms with Gasteiger partial charge in [0.2, 0.25) is 5.88 Å². The van der Waals surface area contributed by atoms with E-state index in [1.54, 1.807) is 12.3 Å². The Kier molecular flexibility index (Phi) is 2.11. The summed E-state index contributed by atoms with van der Waals surface area (Å²) in [6.07, 6.45) is 2.76. The van der Waals surface area contributed by atoms with E-state index in [0.29, 0.717) is 5.92 Å². The maximum absolute atomic E-state index is 10.4. The Labute approximate surface area is 81.2 Å². The summed E-state index contributed by atoms with van der Waals surface area (Å²) >= 11 is 0. The standard InChI is InChI=1S/C10H11NO3/c12-9-2-1-6(5-11-9)8-3-7(8)4-10(13)14/h1-2,5,7-8H,3-4H2,(H,11,12)(H,13,14). The second-order valence-electron chi connectivity index (χ2n) is 3.65. The number of nitrogens with zero attached hydrogens (tertiary/aromatic N) is 1. The van der Waals surface area contributed by atoms with E-state index in [4.69, 9.17) is 10.2 Å². The van der Waals surface area contributed by atoms with Crippen molar-refractivity contribution in [3.8, 4) is 5.88 Å². The van der Waals surface area contributed by atoms with Crippen molar-refractivity contribution < 1.29 is 15.0 Å². The molecule has 1 aromatic rings. The van der Waals surface area contributed by atoms with Crippen LogP contribution in [0.3, 0.4) is 0 Å². The number of hydrogen-bond acceptors (Lipinski definition) is 3. The van der Waals surface area contributed by atoms with Crippen LogP contribution in [0.5, 0.6) is 5.88 Å². The van der Waals surface area contributed by atoms with Crippen LogP contribution in [0.15, 0.2) is 18.3 Å². The zero-order valence-electron chi connectivity index (χ0n) is 7.55. The summed E-state index contributed by atoms with van der Waals surface area (Å²) in [6, 6.07) is 3.33. The van der Waals surface area contributed by atoms with E-state index >= 15 is 0 Å². The third-order valence-electron chi connectivity index (χ3n) is 2.56. The van der Waals surface area contributed by atoms with Gasteiger partial charge in [0.05, 0.1) is 0 Å². The van der Waals surface area contributed by atoms with Crippen LogP contribution in [0, 0.1) is 5.92 Å². The fourth-order valence-corrected chi connectivity index (χ4v) is 1.72. The molecule has 0 saturated heterocycles. The molecule has 14 heavy (non-hydrogen) atoms. The SMILES string of the molecule is O=C(O)CC1CC1c1ccc(O)nc1. The monoisotopic (exact) mass is 193 g/mol. The van der Waals surface area contributed by atoms with Gasteiger partial charge in [-0.25, -0.2) is 4.98 Å². The molecule has 0 radical (unpaired) electrons. The summed E-state index contributed by atoms with van der Waals surface area (Å²) in [5.74, 6) is -0.175. The molecule has 1 aromatic heterocycles. The molecule has 2 atom stereocenters. The van der Waals surface area contributed by atoms with E-state index < -0.39 is 5.97 Å². The topological polar surface area (TPSA) is 70.4 Å². The second kappa shape index (κ2) is 3.29. The average Bonchev–Trinajstić information content (AvgIpc) is 2.84. The Hall–Kier alpha value is -1.58. The number of pyridine rings is 1. The molecule has 0 amide bonds. The Morgan fingerprint density at radius 2 is 2.36 bits per heavy atom. The number of hydrogen-bond donors (Lipinski definition) is 2. The second-order valence-corrected chi connectivity index (χ2v) is 3.65. The van der Waals surface area contributed by atoms with Crippen molar-refractivity contribution in [2.45, 2.75) is 18.8 Å². The van der Waals surface area contributed by atoms with E-state index in [9.17, 15) is 4.79 Å². The van der Waals surface area contributed by atoms with Gasteiger partial charge in [0.15, 0.2) is 0 Å². The third kappa shape index (κ3) is 1.84. The number of rotatable bonds is 3. The molecular formula is C10H11NO3. The third-order valence-corrected chi connectivity index (χ3v) is 2.56. The molecule has 2 unspecified atom stereocenters. The van der Waals surface area contributed by atoms with Crippen molar-refractivity contribution in [1.29, 1.82) is 0 Å². The Morgan fingerprint density at radius 3 is 2.93 bits per heavy atom. The quantitative estimate of drug-likeness (QED) is 0.760. The van der Waals surface area contributed by atoms with E-state index in [1.807, 2.05) is 0 Å². The highest BCUT2D eigenvalue weighted by molar-refractivity contribution is 5.67. The van der Waals surface area contributed by atoms with E-state index in [2.05, 4.69) is 4.98 Å². The number of carboxylic acid groups (broad SMARTS) is 1. The van der Waals surface area contributed by atoms with Crippen molar-refractivity contribution in [1.82, 2.24) is 4.98 Å². The van der Waals surface area contributed by atoms with Gasteiger partial charge < -0.3 is 10.2 Å². The van der Waals surface area contributed by atoms with Crippen molar-refractivity contribution in [3.05, 3.63) is 23.9 Å². The van der Waals surface area contributed by atoms with Gasteiger partial charge in [-0.1, -0.05) is 6.07 Å². The fourth-order valence-electron chi connectivity index (χ4n) is 1.72. The largest absolute Gasteiger partial charge is 0.493 e. The summed E-state index contributed by atoms with van der Waals surface area (Å²) in [5.41, 5.74) is 1.02. The van der Waals surface area contributed by atoms with Crippen molar-refractivity contribution >= 4 is 5.97 Å². The minimum atomic E-state index is -0.746. The zero-order valence-corrected chi connectivity index (χ0v) is 7.55. The van der Waals surface area contributed by atoms with Gasteiger partial charge in [-0.05, 0) is 23.8 Å². The normalized spacial score (nSPS) is 24.6. The first kappa shape index (κ1) is 8.99. The minimum absolute atomic E-state index is 0.00387. The highest BCUT2D eigenvalue weighted by Crippen LogP contribution is 2.49. The van der Waals surface area contributed by atoms with Gasteiger partial charge in [-0.2, -0.15) is 0 Å². The first-order valence-electron chi connectivity index (χ1n) is 4.53. The molecule has 0 aliphatic heterocycles. The molecule has 1 saturated carbocycles. The van der Waals surface area contributed by atoms with Crippen LogP contribution in [-0.2, 0) is 4.79 Å². The molecule has 2 rings (SSSR count). The van der Waals surface area contributed by atoms with Gasteiger partial charge in [-0.3, -0.25) is 4.79 Å². The van der Waals surface area contributed by atoms with Crippen LogP contribution in [0.1, 0.15) is 24.3 Å². The van der Waals surface area contributed by atoms with Gasteiger partial charge in [0.1, 0.15) is 0 Å². The van der Waals surface area contributed by atoms with Crippen molar-refractivity contribution in [2.75, 3.05) is 0 Å². The molecular weight excluding hydrogens is 182 g/mol. The highest BCUT2D eigenvalue weighted by Gasteiger charge is 2.39. The van der Waals surface area contributed by atoms with Crippen LogP contribution >= 0.6 is 0 Å². The van der Waals surface area contributed by atoms with Gasteiger partial charge in [0, 0.05) is 18.7 Å². The minimum Gasteiger partial charge on any atom is -0.493 e. The summed E-state index contributed by atoms with van der Waals surface area (Å²) in [6.45, 7) is 0. The average molecular weight is 193 g/mol. The molecule has 1 heterocycles. The zero-order chi connectivity index (χ0) is 10.1. The molecule has 2 N–H and O–H groups in total. The Morgan fingerprint density at radius 1 is 1.57 bits per heavy atom. The number of carbonyl (C=O) groups is 1. The lowest BCUT2D eigenvalue weighted by Gasteiger charge is -1.98. The molecule has 4 nitrogen and oxygen atoms in total. The fraction of sp³-hybridized carbons (Fsp3) is 0.400. The van der Waals surface area contributed by atoms with Crippen LogP contribution in [0.2, 0.25) is 0 Å². The maximum atomic E-state index is 10.4. The van der Waals surface area contributed by atoms with Gasteiger partial charge in [0.25, 0.3) is 0 Å². The van der Waals surface area contributed by atoms with Crippen molar-refractivity contribution in [2.24, 2.45) is 5.92 Å². The molecule has 0 bridgehead atoms. The molecule has 74 valence electrons. The first-order valence-corrected chi connectivity index (χ1v) is 4.53. The number of aliphatic carboxylic acids is 1. The summed E-state index contributed by atoms with van der Waals surface area (Å²) in [5, 5.41) is 17.5. The molecule has 1 aliphatic carbocycles. The first-order chi connectivity index (χ1) is 6.66. The van der Waals surface area contributed by atoms with Gasteiger partial charge >= 0.3 is 5.97 Å². The molecule has 4 heteroatoms. The summed E-state index contributed by atoms with van der Waals surface area (Å²) in [4.78, 5) is 14.2. The lowest BCUT2D eigenvalue weighted by atomic mass is 10.1. The Balaban J connectivity index is 1.99. The number of aromatic nitrogens is 1. The van der Waals surface area contributed by atoms with E-state index in [-0.39, 0.29) is 18.2 Å². The Bertz CT molecular complexity index is 347. The molecule has 1 fully saturated rings. The van der Waals surface area contributed by atoms with E-state index in [0.717, 1.165) is 12.0 Å². The van der Waals surface area contributed by atoms with Crippen LogP contribution < -0.4 is 0 Å². The highest BCUT2D eigenvalue weighted by atomic mass is 16.4. The summed E-state index contributed by atoms with van der Waals surface area (Å²) < 4.78 is 0. The van der Waals surface area contributed by atoms with Crippen LogP contribution in [0.4, 0.5) is 0 Å². The van der Waals surface area contributed by atoms with Gasteiger partial charge in [-0.15, -0.1) is 0 Å². The van der Waals surface area contributed by atoms with Crippen LogP contribution in [0.25, 0.3) is 0 Å². The predicted molar refractivity (Wildman–Crippen MR) is 49.0 cm³/mol. The van der Waals surface area contributed by atoms with E-state index in [1.165, 1.54) is 6.07 Å². The van der Waals surface area contributed by atoms with Crippen molar-refractivity contribution in [3.63, 3.8) is 0 Å². The number of aromatic hydroxyl groups is 1. The maximum Gasteiger partial charge on any atom is 0.303 e. The molecule has 1 aliphatic rings. The molecule has 0 aromatic carbocycles. The van der Waals surface area contributed by atoms with Crippen LogP contribution in [-0.4, -0.2) is 21.2 Å². The number of carboxylic acids is 1. The lowest BCUT2D eigenvalue weighted by Crippen LogP contribution is -1.96. The smallest absolute Gasteiger partial charge is 0.303 e.